The molecule has 1 aliphatic heterocycles. The zero-order valence-electron chi connectivity index (χ0n) is 18.1. The maximum absolute atomic E-state index is 13.8. The highest BCUT2D eigenvalue weighted by atomic mass is 35.5. The molecular formula is C27H24ClN3O2. The fourth-order valence-electron chi connectivity index (χ4n) is 4.48. The zero-order valence-corrected chi connectivity index (χ0v) is 18.9. The summed E-state index contributed by atoms with van der Waals surface area (Å²) in [7, 11) is 0. The van der Waals surface area contributed by atoms with Gasteiger partial charge in [-0.1, -0.05) is 89.6 Å². The van der Waals surface area contributed by atoms with E-state index in [0.29, 0.717) is 23.3 Å². The molecule has 6 heteroatoms. The highest BCUT2D eigenvalue weighted by Crippen LogP contribution is 2.32. The third-order valence-corrected chi connectivity index (χ3v) is 6.35. The lowest BCUT2D eigenvalue weighted by atomic mass is 9.88. The summed E-state index contributed by atoms with van der Waals surface area (Å²) in [6, 6.07) is 27.3. The Morgan fingerprint density at radius 3 is 2.33 bits per heavy atom. The van der Waals surface area contributed by atoms with Crippen molar-refractivity contribution in [2.75, 3.05) is 13.1 Å². The summed E-state index contributed by atoms with van der Waals surface area (Å²) < 4.78 is 5.61. The molecular weight excluding hydrogens is 434 g/mol. The number of rotatable bonds is 5. The van der Waals surface area contributed by atoms with Gasteiger partial charge in [0.2, 0.25) is 17.6 Å². The molecule has 1 saturated heterocycles. The number of aromatic nitrogens is 2. The van der Waals surface area contributed by atoms with Crippen LogP contribution >= 0.6 is 11.6 Å². The van der Waals surface area contributed by atoms with Gasteiger partial charge in [0, 0.05) is 23.7 Å². The van der Waals surface area contributed by atoms with E-state index in [4.69, 9.17) is 16.1 Å². The summed E-state index contributed by atoms with van der Waals surface area (Å²) in [5.41, 5.74) is 2.81. The molecule has 0 N–H and O–H groups in total. The number of nitrogens with zero attached hydrogens (tertiary/aromatic N) is 3. The van der Waals surface area contributed by atoms with E-state index in [-0.39, 0.29) is 17.7 Å². The Kier molecular flexibility index (Phi) is 6.22. The van der Waals surface area contributed by atoms with E-state index in [0.717, 1.165) is 36.1 Å². The number of carbonyl (C=O) groups is 1. The molecule has 1 unspecified atom stereocenters. The molecule has 1 atom stereocenters. The lowest BCUT2D eigenvalue weighted by molar-refractivity contribution is -0.133. The van der Waals surface area contributed by atoms with Crippen LogP contribution in [0.2, 0.25) is 5.02 Å². The Bertz CT molecular complexity index is 1190. The summed E-state index contributed by atoms with van der Waals surface area (Å²) in [5.74, 6) is 0.860. The van der Waals surface area contributed by atoms with Crippen LogP contribution in [0.4, 0.5) is 0 Å². The monoisotopic (exact) mass is 457 g/mol. The Morgan fingerprint density at radius 1 is 0.970 bits per heavy atom. The molecule has 5 rings (SSSR count). The van der Waals surface area contributed by atoms with E-state index in [9.17, 15) is 4.79 Å². The molecule has 1 aromatic heterocycles. The smallest absolute Gasteiger partial charge is 0.234 e. The Balaban J connectivity index is 1.38. The molecule has 0 saturated carbocycles. The van der Waals surface area contributed by atoms with E-state index >= 15 is 0 Å². The van der Waals surface area contributed by atoms with E-state index in [1.807, 2.05) is 89.8 Å². The summed E-state index contributed by atoms with van der Waals surface area (Å²) >= 11 is 6.10. The first kappa shape index (κ1) is 21.4. The molecule has 0 radical (unpaired) electrons. The number of halogens is 1. The minimum atomic E-state index is -0.337. The molecule has 0 bridgehead atoms. The predicted octanol–water partition coefficient (Wildman–Crippen LogP) is 5.93. The molecule has 0 spiro atoms. The first-order valence-corrected chi connectivity index (χ1v) is 11.5. The summed E-state index contributed by atoms with van der Waals surface area (Å²) in [5, 5.41) is 4.78. The van der Waals surface area contributed by atoms with Gasteiger partial charge < -0.3 is 9.42 Å². The van der Waals surface area contributed by atoms with Crippen LogP contribution in [0.1, 0.15) is 41.7 Å². The average molecular weight is 458 g/mol. The molecule has 5 nitrogen and oxygen atoms in total. The second-order valence-electron chi connectivity index (χ2n) is 8.34. The maximum Gasteiger partial charge on any atom is 0.234 e. The molecule has 4 aromatic rings. The van der Waals surface area contributed by atoms with Crippen molar-refractivity contribution in [3.63, 3.8) is 0 Å². The van der Waals surface area contributed by atoms with Crippen LogP contribution in [0.5, 0.6) is 0 Å². The second-order valence-corrected chi connectivity index (χ2v) is 8.78. The predicted molar refractivity (Wildman–Crippen MR) is 128 cm³/mol. The molecule has 166 valence electrons. The van der Waals surface area contributed by atoms with Gasteiger partial charge in [-0.3, -0.25) is 4.79 Å². The van der Waals surface area contributed by atoms with Crippen LogP contribution < -0.4 is 0 Å². The van der Waals surface area contributed by atoms with Crippen LogP contribution in [0, 0.1) is 0 Å². The first-order chi connectivity index (χ1) is 16.2. The van der Waals surface area contributed by atoms with Gasteiger partial charge >= 0.3 is 0 Å². The zero-order chi connectivity index (χ0) is 22.6. The second kappa shape index (κ2) is 9.59. The van der Waals surface area contributed by atoms with Crippen molar-refractivity contribution in [3.05, 3.63) is 107 Å². The normalized spacial score (nSPS) is 16.2. The molecule has 33 heavy (non-hydrogen) atoms. The Hall–Kier alpha value is -3.44. The van der Waals surface area contributed by atoms with Gasteiger partial charge in [0.25, 0.3) is 0 Å². The van der Waals surface area contributed by atoms with Crippen molar-refractivity contribution in [1.82, 2.24) is 15.0 Å². The van der Waals surface area contributed by atoms with Crippen LogP contribution in [0.25, 0.3) is 11.4 Å². The minimum absolute atomic E-state index is 0.00957. The Morgan fingerprint density at radius 2 is 1.67 bits per heavy atom. The maximum atomic E-state index is 13.8. The van der Waals surface area contributed by atoms with Gasteiger partial charge in [0.1, 0.15) is 0 Å². The highest BCUT2D eigenvalue weighted by molar-refractivity contribution is 6.30. The van der Waals surface area contributed by atoms with Gasteiger partial charge in [0.05, 0.1) is 11.8 Å². The van der Waals surface area contributed by atoms with E-state index in [1.54, 1.807) is 0 Å². The van der Waals surface area contributed by atoms with Crippen molar-refractivity contribution >= 4 is 17.5 Å². The van der Waals surface area contributed by atoms with Gasteiger partial charge in [-0.05, 0) is 36.1 Å². The summed E-state index contributed by atoms with van der Waals surface area (Å²) in [4.78, 5) is 20.4. The third kappa shape index (κ3) is 4.69. The van der Waals surface area contributed by atoms with Crippen molar-refractivity contribution in [1.29, 1.82) is 0 Å². The topological polar surface area (TPSA) is 59.2 Å². The van der Waals surface area contributed by atoms with Crippen LogP contribution in [0.15, 0.2) is 89.5 Å². The quantitative estimate of drug-likeness (QED) is 0.372. The van der Waals surface area contributed by atoms with Gasteiger partial charge in [0.15, 0.2) is 0 Å². The van der Waals surface area contributed by atoms with Gasteiger partial charge in [-0.15, -0.1) is 0 Å². The summed E-state index contributed by atoms with van der Waals surface area (Å²) in [6.07, 6.45) is 1.80. The fourth-order valence-corrected chi connectivity index (χ4v) is 4.67. The van der Waals surface area contributed by atoms with E-state index in [1.165, 1.54) is 0 Å². The number of likely N-dealkylation sites (tertiary alicyclic amines) is 1. The molecule has 2 heterocycles. The third-order valence-electron chi connectivity index (χ3n) is 6.12. The summed E-state index contributed by atoms with van der Waals surface area (Å²) in [6.45, 7) is 1.28. The number of hydrogen-bond donors (Lipinski definition) is 0. The van der Waals surface area contributed by atoms with E-state index < -0.39 is 0 Å². The van der Waals surface area contributed by atoms with Crippen LogP contribution in [-0.2, 0) is 4.79 Å². The van der Waals surface area contributed by atoms with Crippen molar-refractivity contribution in [2.24, 2.45) is 0 Å². The van der Waals surface area contributed by atoms with Gasteiger partial charge in [-0.2, -0.15) is 4.98 Å². The highest BCUT2D eigenvalue weighted by Gasteiger charge is 2.33. The molecule has 1 aliphatic rings. The van der Waals surface area contributed by atoms with Crippen LogP contribution in [-0.4, -0.2) is 34.0 Å². The van der Waals surface area contributed by atoms with Crippen molar-refractivity contribution in [3.8, 4) is 11.4 Å². The van der Waals surface area contributed by atoms with E-state index in [2.05, 4.69) is 10.1 Å². The molecule has 0 aliphatic carbocycles. The molecule has 1 fully saturated rings. The minimum Gasteiger partial charge on any atom is -0.341 e. The van der Waals surface area contributed by atoms with Crippen molar-refractivity contribution < 1.29 is 9.32 Å². The largest absolute Gasteiger partial charge is 0.341 e. The number of amides is 1. The van der Waals surface area contributed by atoms with Crippen molar-refractivity contribution in [2.45, 2.75) is 24.7 Å². The lowest BCUT2D eigenvalue weighted by Crippen LogP contribution is -2.42. The number of piperidine rings is 1. The number of hydrogen-bond acceptors (Lipinski definition) is 4. The Labute approximate surface area is 198 Å². The molecule has 1 amide bonds. The fraction of sp³-hybridized carbons (Fsp3) is 0.222. The number of benzene rings is 3. The first-order valence-electron chi connectivity index (χ1n) is 11.2. The number of carbonyl (C=O) groups excluding carboxylic acids is 1. The SMILES string of the molecule is O=C(C(c1ccccc1)c1ccccc1)N1CCCC(c2nc(-c3cccc(Cl)c3)no2)C1. The van der Waals surface area contributed by atoms with Crippen LogP contribution in [0.3, 0.4) is 0 Å². The van der Waals surface area contributed by atoms with Gasteiger partial charge in [-0.25, -0.2) is 0 Å². The lowest BCUT2D eigenvalue weighted by Gasteiger charge is -2.34. The average Bonchev–Trinajstić information content (AvgIpc) is 3.36. The molecule has 3 aromatic carbocycles. The standard InChI is InChI=1S/C27H24ClN3O2/c28-23-15-7-13-21(17-23)25-29-26(33-30-25)22-14-8-16-31(18-22)27(32)24(19-9-3-1-4-10-19)20-11-5-2-6-12-20/h1-7,9-13,15,17,22,24H,8,14,16,18H2.